The van der Waals surface area contributed by atoms with Crippen LogP contribution in [-0.4, -0.2) is 9.55 Å². The van der Waals surface area contributed by atoms with Gasteiger partial charge in [0.2, 0.25) is 0 Å². The minimum Gasteiger partial charge on any atom is -0.327 e. The van der Waals surface area contributed by atoms with Gasteiger partial charge in [-0.15, -0.1) is 0 Å². The Bertz CT molecular complexity index is 764. The van der Waals surface area contributed by atoms with Crippen LogP contribution in [0, 0.1) is 0 Å². The lowest BCUT2D eigenvalue weighted by molar-refractivity contribution is 0.598. The summed E-state index contributed by atoms with van der Waals surface area (Å²) in [5.41, 5.74) is 3.38. The molecule has 114 valence electrons. The molecule has 1 heterocycles. The molecule has 1 aromatic heterocycles. The van der Waals surface area contributed by atoms with Crippen LogP contribution in [-0.2, 0) is 19.6 Å². The second-order valence-electron chi connectivity index (χ2n) is 5.36. The van der Waals surface area contributed by atoms with Crippen LogP contribution in [0.5, 0.6) is 0 Å². The van der Waals surface area contributed by atoms with Crippen LogP contribution in [0.15, 0.2) is 48.5 Å². The summed E-state index contributed by atoms with van der Waals surface area (Å²) in [5, 5.41) is 4.25. The first-order chi connectivity index (χ1) is 10.8. The van der Waals surface area contributed by atoms with Crippen molar-refractivity contribution in [1.29, 1.82) is 0 Å². The maximum absolute atomic E-state index is 6.19. The van der Waals surface area contributed by atoms with E-state index in [2.05, 4.69) is 35.0 Å². The molecule has 0 atom stereocenters. The molecule has 1 N–H and O–H groups in total. The molecule has 0 fully saturated rings. The largest absolute Gasteiger partial charge is 0.327 e. The number of nitrogens with one attached hydrogen (secondary N) is 1. The van der Waals surface area contributed by atoms with Crippen LogP contribution in [0.25, 0.3) is 11.0 Å². The number of halogens is 1. The van der Waals surface area contributed by atoms with Gasteiger partial charge in [-0.25, -0.2) is 4.98 Å². The number of hydrogen-bond acceptors (Lipinski definition) is 2. The normalized spacial score (nSPS) is 11.2. The van der Waals surface area contributed by atoms with Gasteiger partial charge in [-0.2, -0.15) is 0 Å². The molecule has 0 saturated carbocycles. The SMILES string of the molecule is CCCn1c(CNCc2ccccc2Cl)nc2ccccc21. The molecule has 0 bridgehead atoms. The lowest BCUT2D eigenvalue weighted by Gasteiger charge is -2.09. The first-order valence-electron chi connectivity index (χ1n) is 7.68. The number of aryl methyl sites for hydroxylation is 1. The van der Waals surface area contributed by atoms with Crippen molar-refractivity contribution in [2.45, 2.75) is 33.0 Å². The fraction of sp³-hybridized carbons (Fsp3) is 0.278. The van der Waals surface area contributed by atoms with Crippen LogP contribution < -0.4 is 5.32 Å². The van der Waals surface area contributed by atoms with E-state index in [9.17, 15) is 0 Å². The summed E-state index contributed by atoms with van der Waals surface area (Å²) in [6.07, 6.45) is 1.10. The second-order valence-corrected chi connectivity index (χ2v) is 5.77. The summed E-state index contributed by atoms with van der Waals surface area (Å²) in [7, 11) is 0. The van der Waals surface area contributed by atoms with Crippen molar-refractivity contribution in [2.75, 3.05) is 0 Å². The van der Waals surface area contributed by atoms with Gasteiger partial charge >= 0.3 is 0 Å². The van der Waals surface area contributed by atoms with Crippen LogP contribution in [0.1, 0.15) is 24.7 Å². The van der Waals surface area contributed by atoms with Crippen LogP contribution in [0.4, 0.5) is 0 Å². The lowest BCUT2D eigenvalue weighted by Crippen LogP contribution is -2.17. The van der Waals surface area contributed by atoms with E-state index in [1.54, 1.807) is 0 Å². The number of aromatic nitrogens is 2. The Kier molecular flexibility index (Phi) is 4.76. The highest BCUT2D eigenvalue weighted by molar-refractivity contribution is 6.31. The van der Waals surface area contributed by atoms with Gasteiger partial charge in [-0.3, -0.25) is 0 Å². The number of nitrogens with zero attached hydrogens (tertiary/aromatic N) is 2. The highest BCUT2D eigenvalue weighted by Gasteiger charge is 2.09. The summed E-state index contributed by atoms with van der Waals surface area (Å²) in [4.78, 5) is 4.75. The van der Waals surface area contributed by atoms with E-state index in [0.717, 1.165) is 48.0 Å². The number of imidazole rings is 1. The summed E-state index contributed by atoms with van der Waals surface area (Å²) >= 11 is 6.19. The number of rotatable bonds is 6. The summed E-state index contributed by atoms with van der Waals surface area (Å²) in [5.74, 6) is 1.08. The van der Waals surface area contributed by atoms with Gasteiger partial charge in [0.05, 0.1) is 17.6 Å². The number of benzene rings is 2. The van der Waals surface area contributed by atoms with Gasteiger partial charge in [-0.1, -0.05) is 48.9 Å². The van der Waals surface area contributed by atoms with Gasteiger partial charge < -0.3 is 9.88 Å². The van der Waals surface area contributed by atoms with Crippen molar-refractivity contribution < 1.29 is 0 Å². The van der Waals surface area contributed by atoms with Gasteiger partial charge in [0.15, 0.2) is 0 Å². The quantitative estimate of drug-likeness (QED) is 0.731. The Morgan fingerprint density at radius 1 is 1.05 bits per heavy atom. The second kappa shape index (κ2) is 6.95. The highest BCUT2D eigenvalue weighted by atomic mass is 35.5. The fourth-order valence-corrected chi connectivity index (χ4v) is 2.89. The Labute approximate surface area is 135 Å². The van der Waals surface area contributed by atoms with Crippen molar-refractivity contribution in [3.63, 3.8) is 0 Å². The topological polar surface area (TPSA) is 29.9 Å². The lowest BCUT2D eigenvalue weighted by atomic mass is 10.2. The van der Waals surface area contributed by atoms with Crippen molar-refractivity contribution in [3.05, 3.63) is 64.9 Å². The average Bonchev–Trinajstić information content (AvgIpc) is 2.88. The molecular formula is C18H20ClN3. The summed E-state index contributed by atoms with van der Waals surface area (Å²) < 4.78 is 2.30. The number of para-hydroxylation sites is 2. The predicted octanol–water partition coefficient (Wildman–Crippen LogP) is 4.39. The monoisotopic (exact) mass is 313 g/mol. The molecule has 0 aliphatic heterocycles. The molecule has 0 unspecified atom stereocenters. The minimum atomic E-state index is 0.736. The maximum Gasteiger partial charge on any atom is 0.123 e. The maximum atomic E-state index is 6.19. The molecule has 0 radical (unpaired) electrons. The Balaban J connectivity index is 1.76. The molecule has 2 aromatic carbocycles. The standard InChI is InChI=1S/C18H20ClN3/c1-2-11-22-17-10-6-5-9-16(17)21-18(22)13-20-12-14-7-3-4-8-15(14)19/h3-10,20H,2,11-13H2,1H3. The minimum absolute atomic E-state index is 0.736. The van der Waals surface area contributed by atoms with Gasteiger partial charge in [0.1, 0.15) is 5.82 Å². The fourth-order valence-electron chi connectivity index (χ4n) is 2.68. The van der Waals surface area contributed by atoms with Gasteiger partial charge in [0, 0.05) is 18.1 Å². The van der Waals surface area contributed by atoms with Gasteiger partial charge in [0.25, 0.3) is 0 Å². The van der Waals surface area contributed by atoms with E-state index in [0.29, 0.717) is 0 Å². The first kappa shape index (κ1) is 15.1. The van der Waals surface area contributed by atoms with Crippen LogP contribution >= 0.6 is 11.6 Å². The summed E-state index contributed by atoms with van der Waals surface area (Å²) in [6.45, 7) is 4.66. The third-order valence-corrected chi connectivity index (χ3v) is 4.11. The number of fused-ring (bicyclic) bond motifs is 1. The molecule has 3 aromatic rings. The van der Waals surface area contributed by atoms with Crippen molar-refractivity contribution in [2.24, 2.45) is 0 Å². The van der Waals surface area contributed by atoms with Crippen LogP contribution in [0.3, 0.4) is 0 Å². The third kappa shape index (κ3) is 3.16. The van der Waals surface area contributed by atoms with Crippen molar-refractivity contribution in [3.8, 4) is 0 Å². The van der Waals surface area contributed by atoms with E-state index in [-0.39, 0.29) is 0 Å². The first-order valence-corrected chi connectivity index (χ1v) is 8.05. The van der Waals surface area contributed by atoms with Gasteiger partial charge in [-0.05, 0) is 30.2 Å². The smallest absolute Gasteiger partial charge is 0.123 e. The average molecular weight is 314 g/mol. The molecule has 0 aliphatic rings. The predicted molar refractivity (Wildman–Crippen MR) is 92.0 cm³/mol. The zero-order valence-corrected chi connectivity index (χ0v) is 13.5. The summed E-state index contributed by atoms with van der Waals surface area (Å²) in [6, 6.07) is 16.2. The third-order valence-electron chi connectivity index (χ3n) is 3.74. The number of hydrogen-bond donors (Lipinski definition) is 1. The Morgan fingerprint density at radius 2 is 1.82 bits per heavy atom. The molecule has 22 heavy (non-hydrogen) atoms. The zero-order valence-electron chi connectivity index (χ0n) is 12.7. The Hall–Kier alpha value is -1.84. The van der Waals surface area contributed by atoms with E-state index in [4.69, 9.17) is 16.6 Å². The molecular weight excluding hydrogens is 294 g/mol. The van der Waals surface area contributed by atoms with E-state index in [1.807, 2.05) is 30.3 Å². The molecule has 3 rings (SSSR count). The Morgan fingerprint density at radius 3 is 2.64 bits per heavy atom. The van der Waals surface area contributed by atoms with Crippen LogP contribution in [0.2, 0.25) is 5.02 Å². The van der Waals surface area contributed by atoms with E-state index >= 15 is 0 Å². The van der Waals surface area contributed by atoms with Crippen molar-refractivity contribution in [1.82, 2.24) is 14.9 Å². The molecule has 4 heteroatoms. The zero-order chi connectivity index (χ0) is 15.4. The molecule has 0 aliphatic carbocycles. The molecule has 0 spiro atoms. The van der Waals surface area contributed by atoms with Crippen molar-refractivity contribution >= 4 is 22.6 Å². The molecule has 0 saturated heterocycles. The molecule has 3 nitrogen and oxygen atoms in total. The molecule has 0 amide bonds. The van der Waals surface area contributed by atoms with E-state index in [1.165, 1.54) is 5.52 Å². The highest BCUT2D eigenvalue weighted by Crippen LogP contribution is 2.17. The van der Waals surface area contributed by atoms with E-state index < -0.39 is 0 Å².